The number of carbonyl (C=O) groups excluding carboxylic acids is 1. The predicted octanol–water partition coefficient (Wildman–Crippen LogP) is 7.22. The molecule has 1 rings (SSSR count). The molecule has 0 aliphatic carbocycles. The Labute approximate surface area is 268 Å². The summed E-state index contributed by atoms with van der Waals surface area (Å²) in [6.45, 7) is 3.77. The van der Waals surface area contributed by atoms with Crippen molar-refractivity contribution in [1.82, 2.24) is 4.90 Å². The summed E-state index contributed by atoms with van der Waals surface area (Å²) in [7, 11) is -2.36. The molecule has 44 heavy (non-hydrogen) atoms. The van der Waals surface area contributed by atoms with Crippen LogP contribution in [0.3, 0.4) is 0 Å². The number of allylic oxidation sites excluding steroid dienone is 3. The lowest BCUT2D eigenvalue weighted by atomic mass is 9.99. The van der Waals surface area contributed by atoms with Crippen molar-refractivity contribution in [2.45, 2.75) is 104 Å². The number of β-amino-alcohol motifs (C(OH)–C–C–N with tert-alkyl or cyclic N) is 1. The molecule has 0 radical (unpaired) electrons. The number of carbonyl (C=O) groups is 1. The maximum atomic E-state index is 12.5. The number of likely N-dealkylation sites (tertiary alicyclic amines) is 1. The van der Waals surface area contributed by atoms with Crippen molar-refractivity contribution < 1.29 is 37.5 Å². The third-order valence-electron chi connectivity index (χ3n) is 6.94. The van der Waals surface area contributed by atoms with Crippen LogP contribution in [0, 0.1) is 18.3 Å². The zero-order valence-electron chi connectivity index (χ0n) is 26.2. The summed E-state index contributed by atoms with van der Waals surface area (Å²) < 4.78 is 33.9. The molecule has 1 fully saturated rings. The van der Waals surface area contributed by atoms with E-state index in [0.29, 0.717) is 50.4 Å². The number of unbranched alkanes of at least 4 members (excludes halogenated alkanes) is 2. The summed E-state index contributed by atoms with van der Waals surface area (Å²) in [5.74, 6) is 3.45. The minimum Gasteiger partial charge on any atom is -0.429 e. The van der Waals surface area contributed by atoms with Gasteiger partial charge in [-0.15, -0.1) is 21.4 Å². The normalized spacial score (nSPS) is 19.5. The highest BCUT2D eigenvalue weighted by atomic mass is 32.5. The van der Waals surface area contributed by atoms with Crippen LogP contribution in [0.2, 0.25) is 0 Å². The quantitative estimate of drug-likeness (QED) is 0.0157. The number of aliphatic hydroxyl groups excluding tert-OH is 1. The molecule has 5 atom stereocenters. The molecule has 0 saturated carbocycles. The van der Waals surface area contributed by atoms with Gasteiger partial charge in [0.2, 0.25) is 5.91 Å². The largest absolute Gasteiger partial charge is 0.697 e. The number of terminal acetylenes is 1. The van der Waals surface area contributed by atoms with Crippen LogP contribution in [0.4, 0.5) is 0 Å². The number of nitrogens with zero attached hydrogens (tertiary/aromatic N) is 4. The molecule has 0 aromatic heterocycles. The van der Waals surface area contributed by atoms with Gasteiger partial charge in [0, 0.05) is 53.6 Å². The molecule has 1 aliphatic rings. The van der Waals surface area contributed by atoms with Gasteiger partial charge in [-0.3, -0.25) is 9.32 Å². The lowest BCUT2D eigenvalue weighted by Crippen LogP contribution is -2.38. The van der Waals surface area contributed by atoms with E-state index in [1.54, 1.807) is 0 Å². The molecule has 0 aromatic rings. The van der Waals surface area contributed by atoms with Crippen LogP contribution >= 0.6 is 15.0 Å². The van der Waals surface area contributed by atoms with E-state index in [9.17, 15) is 19.4 Å². The highest BCUT2D eigenvalue weighted by molar-refractivity contribution is 8.07. The van der Waals surface area contributed by atoms with E-state index in [0.717, 1.165) is 37.7 Å². The molecule has 1 saturated heterocycles. The van der Waals surface area contributed by atoms with Crippen LogP contribution in [0.25, 0.3) is 10.4 Å². The Hall–Kier alpha value is -1.83. The average molecular weight is 676 g/mol. The number of hydrogen-bond acceptors (Lipinski definition) is 9. The van der Waals surface area contributed by atoms with Crippen LogP contribution in [0.15, 0.2) is 28.6 Å². The number of rotatable bonds is 24. The van der Waals surface area contributed by atoms with Gasteiger partial charge in [-0.2, -0.15) is 0 Å². The van der Waals surface area contributed by atoms with Gasteiger partial charge in [0.05, 0.1) is 18.8 Å². The van der Waals surface area contributed by atoms with E-state index in [-0.39, 0.29) is 44.7 Å². The molecule has 0 spiro atoms. The Kier molecular flexibility index (Phi) is 21.5. The van der Waals surface area contributed by atoms with Gasteiger partial charge >= 0.3 is 15.0 Å². The molecule has 248 valence electrons. The first-order valence-electron chi connectivity index (χ1n) is 15.2. The third-order valence-corrected chi connectivity index (χ3v) is 9.21. The summed E-state index contributed by atoms with van der Waals surface area (Å²) in [5.41, 5.74) is 9.46. The second kappa shape index (κ2) is 23.5. The van der Waals surface area contributed by atoms with Crippen LogP contribution in [-0.4, -0.2) is 65.9 Å². The number of hydrogen-bond donors (Lipinski definition) is 2. The van der Waals surface area contributed by atoms with Gasteiger partial charge in [-0.05, 0) is 75.8 Å². The summed E-state index contributed by atoms with van der Waals surface area (Å²) in [6.07, 6.45) is 15.6. The van der Waals surface area contributed by atoms with Crippen molar-refractivity contribution in [3.05, 3.63) is 33.9 Å². The van der Waals surface area contributed by atoms with Crippen LogP contribution in [0.1, 0.15) is 91.4 Å². The minimum absolute atomic E-state index is 0.00752. The van der Waals surface area contributed by atoms with Crippen molar-refractivity contribution in [2.75, 3.05) is 32.9 Å². The van der Waals surface area contributed by atoms with E-state index in [1.807, 2.05) is 19.9 Å². The Morgan fingerprint density at radius 3 is 2.77 bits per heavy atom. The standard InChI is InChI=1S/C29H48N4O8P2S/c1-5-7-8-9-19-40-43(37,44)41-28(6-2)13-10-12-24(3)15-16-25(4)17-20-38-42(36)39-23-26-21-27(34)22-33(26)29(35)14-11-18-31-32-30/h1,13,16,24,26-27,34H,6-12,14-15,17-23H2,2-4H3/p+1/b25-16+,28-13-/t24-,26-,27?,43?/m1/s1. The van der Waals surface area contributed by atoms with E-state index in [4.69, 9.17) is 41.9 Å². The summed E-state index contributed by atoms with van der Waals surface area (Å²) in [5, 5.41) is 13.4. The lowest BCUT2D eigenvalue weighted by Gasteiger charge is -2.22. The van der Waals surface area contributed by atoms with Crippen molar-refractivity contribution in [3.63, 3.8) is 0 Å². The lowest BCUT2D eigenvalue weighted by molar-refractivity contribution is -0.132. The molecule has 1 aliphatic heterocycles. The molecule has 2 N–H and O–H groups in total. The second-order valence-corrected chi connectivity index (χ2v) is 14.5. The first kappa shape index (κ1) is 40.2. The first-order chi connectivity index (χ1) is 21.0. The van der Waals surface area contributed by atoms with Gasteiger partial charge in [-0.1, -0.05) is 30.6 Å². The van der Waals surface area contributed by atoms with E-state index in [2.05, 4.69) is 28.9 Å². The van der Waals surface area contributed by atoms with Gasteiger partial charge in [-0.25, -0.2) is 0 Å². The van der Waals surface area contributed by atoms with Crippen molar-refractivity contribution in [1.29, 1.82) is 0 Å². The highest BCUT2D eigenvalue weighted by Crippen LogP contribution is 2.46. The number of azide groups is 1. The van der Waals surface area contributed by atoms with Crippen molar-refractivity contribution in [2.24, 2.45) is 11.0 Å². The monoisotopic (exact) mass is 675 g/mol. The zero-order valence-corrected chi connectivity index (χ0v) is 28.8. The molecular weight excluding hydrogens is 626 g/mol. The van der Waals surface area contributed by atoms with Crippen molar-refractivity contribution in [3.8, 4) is 12.3 Å². The minimum atomic E-state index is -3.32. The maximum absolute atomic E-state index is 12.5. The third kappa shape index (κ3) is 18.9. The van der Waals surface area contributed by atoms with Gasteiger partial charge in [0.15, 0.2) is 0 Å². The number of amides is 1. The average Bonchev–Trinajstić information content (AvgIpc) is 3.36. The zero-order chi connectivity index (χ0) is 32.8. The fraction of sp³-hybridized carbons (Fsp3) is 0.759. The Bertz CT molecular complexity index is 1090. The Morgan fingerprint density at radius 2 is 2.07 bits per heavy atom. The van der Waals surface area contributed by atoms with Crippen LogP contribution < -0.4 is 0 Å². The van der Waals surface area contributed by atoms with Crippen LogP contribution in [-0.2, 0) is 39.3 Å². The topological polar surface area (TPSA) is 164 Å². The van der Waals surface area contributed by atoms with E-state index in [1.165, 1.54) is 4.90 Å². The first-order valence-corrected chi connectivity index (χ1v) is 18.9. The second-order valence-electron chi connectivity index (χ2n) is 10.8. The molecule has 15 heteroatoms. The summed E-state index contributed by atoms with van der Waals surface area (Å²) in [6, 6.07) is -0.385. The fourth-order valence-corrected chi connectivity index (χ4v) is 6.42. The SMILES string of the molecule is C#CCCCCOP(O)(=S)O/C(=C\CC[C@@H](C)C/C=C(\C)CCO[P+](=O)OC[C@H]1CC(O)CN1C(=O)CCCN=[N+]=[N-])CC. The van der Waals surface area contributed by atoms with E-state index >= 15 is 0 Å². The van der Waals surface area contributed by atoms with Gasteiger partial charge in [0.25, 0.3) is 0 Å². The molecule has 0 bridgehead atoms. The summed E-state index contributed by atoms with van der Waals surface area (Å²) in [4.78, 5) is 27.0. The summed E-state index contributed by atoms with van der Waals surface area (Å²) >= 11 is 5.13. The number of aliphatic hydroxyl groups is 1. The fourth-order valence-electron chi connectivity index (χ4n) is 4.39. The van der Waals surface area contributed by atoms with Gasteiger partial charge in [0.1, 0.15) is 19.0 Å². The molecule has 3 unspecified atom stereocenters. The Balaban J connectivity index is 2.32. The molecule has 12 nitrogen and oxygen atoms in total. The predicted molar refractivity (Wildman–Crippen MR) is 175 cm³/mol. The van der Waals surface area contributed by atoms with Gasteiger partial charge < -0.3 is 19.4 Å². The Morgan fingerprint density at radius 1 is 1.30 bits per heavy atom. The van der Waals surface area contributed by atoms with E-state index < -0.39 is 21.1 Å². The smallest absolute Gasteiger partial charge is 0.429 e. The van der Waals surface area contributed by atoms with Crippen LogP contribution in [0.5, 0.6) is 0 Å². The van der Waals surface area contributed by atoms with Crippen molar-refractivity contribution >= 4 is 32.7 Å². The molecule has 1 amide bonds. The molecule has 0 aromatic carbocycles. The molecular formula is C29H49N4O8P2S+. The molecule has 1 heterocycles. The highest BCUT2D eigenvalue weighted by Gasteiger charge is 2.36. The maximum Gasteiger partial charge on any atom is 0.697 e.